The van der Waals surface area contributed by atoms with Gasteiger partial charge in [0.15, 0.2) is 0 Å². The molecular formula is C13H11F3N2O2S. The second-order valence-electron chi connectivity index (χ2n) is 3.84. The van der Waals surface area contributed by atoms with Crippen LogP contribution in [-0.2, 0) is 4.79 Å². The number of nitrogens with two attached hydrogens (primary N) is 1. The van der Waals surface area contributed by atoms with Gasteiger partial charge in [-0.25, -0.2) is 10.6 Å². The first-order valence-electron chi connectivity index (χ1n) is 5.55. The number of halogens is 3. The minimum Gasteiger partial charge on any atom is -0.475 e. The predicted molar refractivity (Wildman–Crippen MR) is 76.7 cm³/mol. The molecule has 0 aliphatic rings. The molecule has 0 aliphatic carbocycles. The van der Waals surface area contributed by atoms with Gasteiger partial charge in [-0.15, -0.1) is 0 Å². The molecule has 2 aromatic rings. The standard InChI is InChI=1S/C11H10N2S.C2HF3O2/c12-13-11(14)10-6-5-8-3-1-2-4-9(8)7-10;3-2(4,5)1(6)7/h1-7H,12H2,(H,13,14);(H,6,7). The Morgan fingerprint density at radius 3 is 2.14 bits per heavy atom. The van der Waals surface area contributed by atoms with Gasteiger partial charge >= 0.3 is 12.1 Å². The van der Waals surface area contributed by atoms with Crippen LogP contribution in [0, 0.1) is 0 Å². The summed E-state index contributed by atoms with van der Waals surface area (Å²) in [5.74, 6) is 2.50. The Bertz CT molecular complexity index is 659. The van der Waals surface area contributed by atoms with Crippen LogP contribution in [0.3, 0.4) is 0 Å². The van der Waals surface area contributed by atoms with Crippen LogP contribution in [0.15, 0.2) is 42.5 Å². The number of alkyl halides is 3. The Morgan fingerprint density at radius 2 is 1.67 bits per heavy atom. The third-order valence-corrected chi connectivity index (χ3v) is 2.74. The number of thiocarbonyl (C=S) groups is 1. The van der Waals surface area contributed by atoms with Crippen molar-refractivity contribution < 1.29 is 23.1 Å². The van der Waals surface area contributed by atoms with Crippen LogP contribution < -0.4 is 11.3 Å². The average molecular weight is 316 g/mol. The minimum atomic E-state index is -5.08. The smallest absolute Gasteiger partial charge is 0.475 e. The first-order chi connectivity index (χ1) is 9.75. The fourth-order valence-electron chi connectivity index (χ4n) is 1.41. The van der Waals surface area contributed by atoms with E-state index in [0.29, 0.717) is 4.99 Å². The van der Waals surface area contributed by atoms with Crippen molar-refractivity contribution in [2.24, 2.45) is 5.84 Å². The fraction of sp³-hybridized carbons (Fsp3) is 0.0769. The predicted octanol–water partition coefficient (Wildman–Crippen LogP) is 2.61. The molecule has 0 amide bonds. The number of hydrogen-bond acceptors (Lipinski definition) is 3. The molecule has 0 heterocycles. The molecule has 2 rings (SSSR count). The van der Waals surface area contributed by atoms with Gasteiger partial charge in [-0.1, -0.05) is 48.6 Å². The number of hydrazine groups is 1. The zero-order valence-corrected chi connectivity index (χ0v) is 11.3. The van der Waals surface area contributed by atoms with Crippen molar-refractivity contribution in [3.63, 3.8) is 0 Å². The van der Waals surface area contributed by atoms with Crippen LogP contribution in [0.1, 0.15) is 5.56 Å². The Balaban J connectivity index is 0.000000270. The number of rotatable bonds is 1. The molecule has 0 saturated carbocycles. The lowest BCUT2D eigenvalue weighted by Gasteiger charge is -2.04. The van der Waals surface area contributed by atoms with Crippen LogP contribution in [0.5, 0.6) is 0 Å². The third-order valence-electron chi connectivity index (χ3n) is 2.39. The van der Waals surface area contributed by atoms with Crippen LogP contribution in [-0.4, -0.2) is 22.2 Å². The minimum absolute atomic E-state index is 0.566. The summed E-state index contributed by atoms with van der Waals surface area (Å²) in [6.07, 6.45) is -5.08. The molecule has 0 bridgehead atoms. The van der Waals surface area contributed by atoms with Crippen molar-refractivity contribution in [2.45, 2.75) is 6.18 Å². The average Bonchev–Trinajstić information content (AvgIpc) is 2.45. The summed E-state index contributed by atoms with van der Waals surface area (Å²) in [4.78, 5) is 9.46. The van der Waals surface area contributed by atoms with Crippen LogP contribution >= 0.6 is 12.2 Å². The van der Waals surface area contributed by atoms with E-state index in [1.807, 2.05) is 30.3 Å². The summed E-state index contributed by atoms with van der Waals surface area (Å²) in [7, 11) is 0. The lowest BCUT2D eigenvalue weighted by molar-refractivity contribution is -0.192. The number of carboxylic acids is 1. The zero-order chi connectivity index (χ0) is 16.0. The Labute approximate surface area is 123 Å². The number of fused-ring (bicyclic) bond motifs is 1. The normalized spacial score (nSPS) is 10.5. The van der Waals surface area contributed by atoms with Gasteiger partial charge in [0.2, 0.25) is 0 Å². The summed E-state index contributed by atoms with van der Waals surface area (Å²) in [5.41, 5.74) is 3.42. The SMILES string of the molecule is NNC(=S)c1ccc2ccccc2c1.O=C(O)C(F)(F)F. The van der Waals surface area contributed by atoms with Crippen molar-refractivity contribution >= 4 is 33.9 Å². The topological polar surface area (TPSA) is 75.3 Å². The molecule has 4 N–H and O–H groups in total. The molecule has 0 atom stereocenters. The van der Waals surface area contributed by atoms with E-state index in [0.717, 1.165) is 5.56 Å². The Morgan fingerprint density at radius 1 is 1.14 bits per heavy atom. The third kappa shape index (κ3) is 5.01. The van der Waals surface area contributed by atoms with Gasteiger partial charge in [-0.2, -0.15) is 13.2 Å². The number of carbonyl (C=O) groups is 1. The van der Waals surface area contributed by atoms with Crippen molar-refractivity contribution in [2.75, 3.05) is 0 Å². The van der Waals surface area contributed by atoms with Crippen LogP contribution in [0.25, 0.3) is 10.8 Å². The molecule has 0 unspecified atom stereocenters. The molecule has 4 nitrogen and oxygen atoms in total. The molecule has 8 heteroatoms. The first-order valence-corrected chi connectivity index (χ1v) is 5.96. The highest BCUT2D eigenvalue weighted by atomic mass is 32.1. The van der Waals surface area contributed by atoms with E-state index >= 15 is 0 Å². The molecule has 0 saturated heterocycles. The van der Waals surface area contributed by atoms with E-state index in [-0.39, 0.29) is 0 Å². The highest BCUT2D eigenvalue weighted by Gasteiger charge is 2.38. The van der Waals surface area contributed by atoms with Crippen molar-refractivity contribution in [1.29, 1.82) is 0 Å². The highest BCUT2D eigenvalue weighted by Crippen LogP contribution is 2.15. The maximum atomic E-state index is 10.6. The van der Waals surface area contributed by atoms with Crippen molar-refractivity contribution in [3.8, 4) is 0 Å². The number of aliphatic carboxylic acids is 1. The summed E-state index contributed by atoms with van der Waals surface area (Å²) in [5, 5.41) is 9.50. The van der Waals surface area contributed by atoms with Gasteiger partial charge in [-0.05, 0) is 16.8 Å². The van der Waals surface area contributed by atoms with E-state index in [1.54, 1.807) is 0 Å². The summed E-state index contributed by atoms with van der Waals surface area (Å²) >= 11 is 5.05. The number of benzene rings is 2. The first kappa shape index (κ1) is 16.9. The van der Waals surface area contributed by atoms with E-state index in [4.69, 9.17) is 28.0 Å². The quantitative estimate of drug-likeness (QED) is 0.428. The molecule has 0 spiro atoms. The molecular weight excluding hydrogens is 305 g/mol. The van der Waals surface area contributed by atoms with Crippen molar-refractivity contribution in [3.05, 3.63) is 48.0 Å². The van der Waals surface area contributed by atoms with Gasteiger partial charge in [0, 0.05) is 5.56 Å². The number of hydrogen-bond donors (Lipinski definition) is 3. The molecule has 2 aromatic carbocycles. The molecule has 112 valence electrons. The molecule has 0 radical (unpaired) electrons. The Hall–Kier alpha value is -2.19. The number of carboxylic acid groups (broad SMARTS) is 1. The van der Waals surface area contributed by atoms with Gasteiger partial charge in [-0.3, -0.25) is 0 Å². The van der Waals surface area contributed by atoms with E-state index < -0.39 is 12.1 Å². The summed E-state index contributed by atoms with van der Waals surface area (Å²) in [6, 6.07) is 14.2. The van der Waals surface area contributed by atoms with E-state index in [2.05, 4.69) is 17.6 Å². The second-order valence-corrected chi connectivity index (χ2v) is 4.25. The maximum absolute atomic E-state index is 10.6. The lowest BCUT2D eigenvalue weighted by atomic mass is 10.1. The van der Waals surface area contributed by atoms with E-state index in [9.17, 15) is 13.2 Å². The fourth-order valence-corrected chi connectivity index (χ4v) is 1.54. The molecule has 21 heavy (non-hydrogen) atoms. The lowest BCUT2D eigenvalue weighted by Crippen LogP contribution is -2.28. The zero-order valence-electron chi connectivity index (χ0n) is 10.5. The second kappa shape index (κ2) is 7.00. The van der Waals surface area contributed by atoms with Gasteiger partial charge in [0.1, 0.15) is 4.99 Å². The molecule has 0 aromatic heterocycles. The van der Waals surface area contributed by atoms with Crippen LogP contribution in [0.2, 0.25) is 0 Å². The van der Waals surface area contributed by atoms with Gasteiger partial charge in [0.25, 0.3) is 0 Å². The van der Waals surface area contributed by atoms with E-state index in [1.165, 1.54) is 10.8 Å². The monoisotopic (exact) mass is 316 g/mol. The van der Waals surface area contributed by atoms with Crippen LogP contribution in [0.4, 0.5) is 13.2 Å². The largest absolute Gasteiger partial charge is 0.490 e. The summed E-state index contributed by atoms with van der Waals surface area (Å²) in [6.45, 7) is 0. The maximum Gasteiger partial charge on any atom is 0.490 e. The molecule has 0 aliphatic heterocycles. The van der Waals surface area contributed by atoms with Gasteiger partial charge < -0.3 is 10.5 Å². The van der Waals surface area contributed by atoms with Crippen molar-refractivity contribution in [1.82, 2.24) is 5.43 Å². The Kier molecular flexibility index (Phi) is 5.62. The number of nitrogens with one attached hydrogen (secondary N) is 1. The van der Waals surface area contributed by atoms with Gasteiger partial charge in [0.05, 0.1) is 0 Å². The highest BCUT2D eigenvalue weighted by molar-refractivity contribution is 7.80. The molecule has 0 fully saturated rings. The summed E-state index contributed by atoms with van der Waals surface area (Å²) < 4.78 is 31.7.